The molecule has 1 fully saturated rings. The lowest BCUT2D eigenvalue weighted by Gasteiger charge is -2.31. The number of nitrogens with one attached hydrogen (secondary N) is 1. The van der Waals surface area contributed by atoms with Gasteiger partial charge in [-0.25, -0.2) is 0 Å². The largest absolute Gasteiger partial charge is 0.494 e. The highest BCUT2D eigenvalue weighted by Gasteiger charge is 2.26. The minimum absolute atomic E-state index is 0.0488. The maximum absolute atomic E-state index is 9.17. The first-order valence-corrected chi connectivity index (χ1v) is 6.38. The number of hydrogen-bond donors (Lipinski definition) is 2. The van der Waals surface area contributed by atoms with Gasteiger partial charge in [-0.3, -0.25) is 0 Å². The predicted molar refractivity (Wildman–Crippen MR) is 68.0 cm³/mol. The Hall–Kier alpha value is -1.06. The van der Waals surface area contributed by atoms with Crippen molar-refractivity contribution >= 4 is 0 Å². The Balaban J connectivity index is 1.68. The molecule has 3 nitrogen and oxygen atoms in total. The second-order valence-corrected chi connectivity index (χ2v) is 4.70. The fourth-order valence-electron chi connectivity index (χ4n) is 2.16. The van der Waals surface area contributed by atoms with E-state index < -0.39 is 0 Å². The van der Waals surface area contributed by atoms with Gasteiger partial charge in [0.25, 0.3) is 0 Å². The van der Waals surface area contributed by atoms with E-state index in [1.807, 2.05) is 19.1 Å². The Morgan fingerprint density at radius 1 is 1.29 bits per heavy atom. The van der Waals surface area contributed by atoms with Gasteiger partial charge >= 0.3 is 0 Å². The molecule has 1 aliphatic carbocycles. The first-order valence-electron chi connectivity index (χ1n) is 6.38. The van der Waals surface area contributed by atoms with Crippen LogP contribution in [0.2, 0.25) is 0 Å². The van der Waals surface area contributed by atoms with Crippen LogP contribution in [0.15, 0.2) is 24.3 Å². The summed E-state index contributed by atoms with van der Waals surface area (Å²) >= 11 is 0. The van der Waals surface area contributed by atoms with Gasteiger partial charge in [0, 0.05) is 6.54 Å². The van der Waals surface area contributed by atoms with Gasteiger partial charge in [-0.1, -0.05) is 12.1 Å². The van der Waals surface area contributed by atoms with E-state index >= 15 is 0 Å². The quantitative estimate of drug-likeness (QED) is 0.792. The molecule has 0 unspecified atom stereocenters. The molecule has 1 aliphatic rings. The third-order valence-electron chi connectivity index (χ3n) is 3.21. The Bertz CT molecular complexity index is 331. The maximum Gasteiger partial charge on any atom is 0.119 e. The molecule has 2 N–H and O–H groups in total. The Morgan fingerprint density at radius 2 is 2.00 bits per heavy atom. The fourth-order valence-corrected chi connectivity index (χ4v) is 2.16. The van der Waals surface area contributed by atoms with Crippen LogP contribution in [0.4, 0.5) is 0 Å². The summed E-state index contributed by atoms with van der Waals surface area (Å²) in [6.07, 6.45) is 1.86. The van der Waals surface area contributed by atoms with E-state index in [4.69, 9.17) is 4.74 Å². The molecule has 0 aliphatic heterocycles. The van der Waals surface area contributed by atoms with E-state index in [9.17, 15) is 5.11 Å². The van der Waals surface area contributed by atoms with E-state index in [0.29, 0.717) is 12.5 Å². The molecule has 94 valence electrons. The Morgan fingerprint density at radius 3 is 2.59 bits per heavy atom. The topological polar surface area (TPSA) is 41.5 Å². The van der Waals surface area contributed by atoms with E-state index in [1.165, 1.54) is 5.56 Å². The molecule has 0 radical (unpaired) electrons. The van der Waals surface area contributed by atoms with Crippen LogP contribution in [0, 0.1) is 5.92 Å². The van der Waals surface area contributed by atoms with Crippen molar-refractivity contribution in [1.29, 1.82) is 0 Å². The minimum Gasteiger partial charge on any atom is -0.494 e. The van der Waals surface area contributed by atoms with Crippen LogP contribution in [-0.4, -0.2) is 24.4 Å². The zero-order chi connectivity index (χ0) is 12.1. The first kappa shape index (κ1) is 12.4. The van der Waals surface area contributed by atoms with Gasteiger partial charge in [-0.05, 0) is 49.9 Å². The fraction of sp³-hybridized carbons (Fsp3) is 0.571. The average molecular weight is 235 g/mol. The summed E-state index contributed by atoms with van der Waals surface area (Å²) in [7, 11) is 0. The first-order chi connectivity index (χ1) is 8.28. The lowest BCUT2D eigenvalue weighted by atomic mass is 9.82. The van der Waals surface area contributed by atoms with Gasteiger partial charge in [0.1, 0.15) is 5.75 Å². The van der Waals surface area contributed by atoms with Crippen molar-refractivity contribution in [3.05, 3.63) is 29.8 Å². The minimum atomic E-state index is -0.0488. The third kappa shape index (κ3) is 3.72. The summed E-state index contributed by atoms with van der Waals surface area (Å²) in [5, 5.41) is 12.6. The molecule has 2 rings (SSSR count). The van der Waals surface area contributed by atoms with Crippen molar-refractivity contribution in [2.45, 2.75) is 32.4 Å². The highest BCUT2D eigenvalue weighted by atomic mass is 16.5. The van der Waals surface area contributed by atoms with Crippen molar-refractivity contribution in [1.82, 2.24) is 5.32 Å². The predicted octanol–water partition coefficient (Wildman–Crippen LogP) is 1.95. The molecular formula is C14H21NO2. The van der Waals surface area contributed by atoms with Crippen LogP contribution >= 0.6 is 0 Å². The summed E-state index contributed by atoms with van der Waals surface area (Å²) in [6.45, 7) is 4.59. The number of aliphatic hydroxyl groups excluding tert-OH is 1. The maximum atomic E-state index is 9.17. The van der Waals surface area contributed by atoms with Crippen LogP contribution in [-0.2, 0) is 6.54 Å². The van der Waals surface area contributed by atoms with Crippen LogP contribution in [0.1, 0.15) is 25.3 Å². The molecule has 3 heteroatoms. The zero-order valence-corrected chi connectivity index (χ0v) is 10.4. The van der Waals surface area contributed by atoms with E-state index in [-0.39, 0.29) is 6.10 Å². The monoisotopic (exact) mass is 235 g/mol. The van der Waals surface area contributed by atoms with Gasteiger partial charge in [-0.15, -0.1) is 0 Å². The van der Waals surface area contributed by atoms with Crippen molar-refractivity contribution < 1.29 is 9.84 Å². The SMILES string of the molecule is CCOc1ccc(CNCC2CC(O)C2)cc1. The summed E-state index contributed by atoms with van der Waals surface area (Å²) < 4.78 is 5.39. The molecule has 0 amide bonds. The average Bonchev–Trinajstić information content (AvgIpc) is 2.29. The van der Waals surface area contributed by atoms with Crippen molar-refractivity contribution in [3.63, 3.8) is 0 Å². The molecule has 0 spiro atoms. The van der Waals surface area contributed by atoms with E-state index in [2.05, 4.69) is 17.4 Å². The zero-order valence-electron chi connectivity index (χ0n) is 10.4. The van der Waals surface area contributed by atoms with Crippen molar-refractivity contribution in [2.24, 2.45) is 5.92 Å². The molecule has 0 bridgehead atoms. The van der Waals surface area contributed by atoms with Gasteiger partial charge in [0.05, 0.1) is 12.7 Å². The van der Waals surface area contributed by atoms with Gasteiger partial charge in [-0.2, -0.15) is 0 Å². The van der Waals surface area contributed by atoms with Gasteiger partial charge in [0.15, 0.2) is 0 Å². The number of hydrogen-bond acceptors (Lipinski definition) is 3. The van der Waals surface area contributed by atoms with Crippen molar-refractivity contribution in [3.8, 4) is 5.75 Å². The van der Waals surface area contributed by atoms with Crippen LogP contribution in [0.3, 0.4) is 0 Å². The van der Waals surface area contributed by atoms with Crippen LogP contribution in [0.25, 0.3) is 0 Å². The summed E-state index contributed by atoms with van der Waals surface area (Å²) in [5.74, 6) is 1.59. The molecular weight excluding hydrogens is 214 g/mol. The Kier molecular flexibility index (Phi) is 4.40. The smallest absolute Gasteiger partial charge is 0.119 e. The number of benzene rings is 1. The second-order valence-electron chi connectivity index (χ2n) is 4.70. The summed E-state index contributed by atoms with van der Waals surface area (Å²) in [5.41, 5.74) is 1.27. The second kappa shape index (κ2) is 6.03. The lowest BCUT2D eigenvalue weighted by molar-refractivity contribution is 0.0430. The lowest BCUT2D eigenvalue weighted by Crippen LogP contribution is -2.35. The molecule has 1 saturated carbocycles. The van der Waals surface area contributed by atoms with Crippen molar-refractivity contribution in [2.75, 3.05) is 13.2 Å². The molecule has 17 heavy (non-hydrogen) atoms. The standard InChI is InChI=1S/C14H21NO2/c1-2-17-14-5-3-11(4-6-14)9-15-10-12-7-13(16)8-12/h3-6,12-13,15-16H,2,7-10H2,1H3. The van der Waals surface area contributed by atoms with Crippen LogP contribution in [0.5, 0.6) is 5.75 Å². The number of aliphatic hydroxyl groups is 1. The Labute approximate surface area is 103 Å². The summed E-state index contributed by atoms with van der Waals surface area (Å²) in [4.78, 5) is 0. The highest BCUT2D eigenvalue weighted by molar-refractivity contribution is 5.27. The third-order valence-corrected chi connectivity index (χ3v) is 3.21. The van der Waals surface area contributed by atoms with E-state index in [0.717, 1.165) is 31.7 Å². The molecule has 1 aromatic carbocycles. The molecule has 0 heterocycles. The number of rotatable bonds is 6. The molecule has 0 atom stereocenters. The van der Waals surface area contributed by atoms with Gasteiger partial charge in [0.2, 0.25) is 0 Å². The molecule has 0 aromatic heterocycles. The molecule has 1 aromatic rings. The van der Waals surface area contributed by atoms with E-state index in [1.54, 1.807) is 0 Å². The van der Waals surface area contributed by atoms with Gasteiger partial charge < -0.3 is 15.2 Å². The summed E-state index contributed by atoms with van der Waals surface area (Å²) in [6, 6.07) is 8.20. The normalized spacial score (nSPS) is 23.2. The highest BCUT2D eigenvalue weighted by Crippen LogP contribution is 2.26. The number of ether oxygens (including phenoxy) is 1. The van der Waals surface area contributed by atoms with Crippen LogP contribution < -0.4 is 10.1 Å². The molecule has 0 saturated heterocycles.